The summed E-state index contributed by atoms with van der Waals surface area (Å²) in [5.74, 6) is -3.96. The second-order valence-corrected chi connectivity index (χ2v) is 16.3. The van der Waals surface area contributed by atoms with E-state index in [2.05, 4.69) is 15.0 Å². The van der Waals surface area contributed by atoms with Gasteiger partial charge in [0.15, 0.2) is 23.2 Å². The predicted octanol–water partition coefficient (Wildman–Crippen LogP) is 5.66. The van der Waals surface area contributed by atoms with Crippen LogP contribution in [0.25, 0.3) is 5.76 Å². The average Bonchev–Trinajstić information content (AvgIpc) is 3.95. The third-order valence-electron chi connectivity index (χ3n) is 12.0. The van der Waals surface area contributed by atoms with Crippen LogP contribution in [0.5, 0.6) is 34.5 Å². The number of unbranched alkanes of at least 4 members (excludes halogenated alkanes) is 2. The van der Waals surface area contributed by atoms with E-state index in [4.69, 9.17) is 29.1 Å². The van der Waals surface area contributed by atoms with E-state index in [9.17, 15) is 40.5 Å². The van der Waals surface area contributed by atoms with Crippen molar-refractivity contribution in [3.63, 3.8) is 0 Å². The molecule has 8 rings (SSSR count). The highest BCUT2D eigenvalue weighted by Gasteiger charge is 2.71. The molecule has 0 radical (unpaired) electrons. The Kier molecular flexibility index (Phi) is 12.3. The minimum absolute atomic E-state index is 0.0198. The van der Waals surface area contributed by atoms with Crippen LogP contribution in [-0.4, -0.2) is 108 Å². The number of hydrogen-bond acceptors (Lipinski definition) is 15. The molecule has 0 aromatic heterocycles. The van der Waals surface area contributed by atoms with E-state index in [0.29, 0.717) is 60.5 Å². The largest absolute Gasteiger partial charge is 0.508 e. The molecule has 0 amide bonds. The molecule has 4 aliphatic heterocycles. The number of aliphatic carboxylic acids is 1. The fraction of sp³-hybridized carbons (Fsp3) is 0.383. The molecule has 1 fully saturated rings. The Hall–Kier alpha value is -6.53. The van der Waals surface area contributed by atoms with Crippen LogP contribution in [0.4, 0.5) is 0 Å². The van der Waals surface area contributed by atoms with Gasteiger partial charge >= 0.3 is 5.97 Å². The zero-order chi connectivity index (χ0) is 45.3. The molecule has 0 spiro atoms. The molecule has 0 saturated carbocycles. The summed E-state index contributed by atoms with van der Waals surface area (Å²) in [6.45, 7) is 4.03. The first-order valence-corrected chi connectivity index (χ1v) is 21.2. The van der Waals surface area contributed by atoms with Gasteiger partial charge in [-0.3, -0.25) is 10.4 Å². The first kappa shape index (κ1) is 44.1. The van der Waals surface area contributed by atoms with Gasteiger partial charge in [0.25, 0.3) is 0 Å². The van der Waals surface area contributed by atoms with Crippen molar-refractivity contribution < 1.29 is 64.2 Å². The molecule has 1 aliphatic carbocycles. The third kappa shape index (κ3) is 8.34. The fourth-order valence-corrected chi connectivity index (χ4v) is 8.83. The maximum atomic E-state index is 13.0. The van der Waals surface area contributed by atoms with E-state index in [1.807, 2.05) is 13.8 Å². The zero-order valence-corrected chi connectivity index (χ0v) is 35.2. The summed E-state index contributed by atoms with van der Waals surface area (Å²) in [5, 5.41) is 88.8. The summed E-state index contributed by atoms with van der Waals surface area (Å²) >= 11 is 0. The van der Waals surface area contributed by atoms with Crippen molar-refractivity contribution in [3.8, 4) is 34.5 Å². The van der Waals surface area contributed by atoms with Gasteiger partial charge in [-0.15, -0.1) is 0 Å². The standard InChI is InChI=1S/C47H50N4O13/c1-3-5-6-7-28-21-46(58)44(57)47(59,39(28)32-22-49-24-50-32)42(43(55)56)64-45(46)63-36-20-35-38(40(54)41(36)61-23-26-16-25(4-2)17-30(52)18-26)33(53)19-34(62-35)27-8-11-31(12-9-27)60-15-14-29-10-13-37(48)51-29/h8-13,16-21,24,34,39,42,44-45,48,52-54,57-59H,3-7,14-15,22-23H2,1-2H3,(H,55,56)/t34?,39-,42-,44+,45-,46-,47-/m1/s1. The van der Waals surface area contributed by atoms with Crippen LogP contribution in [0.2, 0.25) is 0 Å². The van der Waals surface area contributed by atoms with Crippen molar-refractivity contribution in [2.24, 2.45) is 20.9 Å². The number of phenols is 2. The molecule has 64 heavy (non-hydrogen) atoms. The summed E-state index contributed by atoms with van der Waals surface area (Å²) in [7, 11) is 0. The lowest BCUT2D eigenvalue weighted by Crippen LogP contribution is -2.79. The molecule has 3 aromatic rings. The molecule has 17 nitrogen and oxygen atoms in total. The molecule has 3 aromatic carbocycles. The van der Waals surface area contributed by atoms with Crippen molar-refractivity contribution in [2.75, 3.05) is 13.2 Å². The van der Waals surface area contributed by atoms with Crippen molar-refractivity contribution in [1.82, 2.24) is 0 Å². The summed E-state index contributed by atoms with van der Waals surface area (Å²) in [6, 6.07) is 13.0. The van der Waals surface area contributed by atoms with E-state index in [-0.39, 0.29) is 53.3 Å². The molecule has 2 bridgehead atoms. The molecule has 7 atom stereocenters. The van der Waals surface area contributed by atoms with Gasteiger partial charge in [-0.05, 0) is 78.4 Å². The van der Waals surface area contributed by atoms with Crippen LogP contribution in [0, 0.1) is 11.3 Å². The average molecular weight is 879 g/mol. The van der Waals surface area contributed by atoms with Crippen LogP contribution >= 0.6 is 0 Å². The number of carboxylic acid groups (broad SMARTS) is 1. The maximum absolute atomic E-state index is 13.0. The van der Waals surface area contributed by atoms with Gasteiger partial charge in [0, 0.05) is 24.3 Å². The smallest absolute Gasteiger partial charge is 0.336 e. The number of hydrogen-bond donors (Lipinski definition) is 8. The molecule has 17 heteroatoms. The van der Waals surface area contributed by atoms with Gasteiger partial charge in [0.1, 0.15) is 65.2 Å². The number of aliphatic hydroxyl groups is 4. The Morgan fingerprint density at radius 1 is 0.984 bits per heavy atom. The Balaban J connectivity index is 1.15. The fourth-order valence-electron chi connectivity index (χ4n) is 8.83. The number of nitrogens with zero attached hydrogens (tertiary/aromatic N) is 3. The van der Waals surface area contributed by atoms with Gasteiger partial charge < -0.3 is 59.4 Å². The number of carboxylic acids is 1. The summed E-state index contributed by atoms with van der Waals surface area (Å²) in [5.41, 5.74) is -2.03. The van der Waals surface area contributed by atoms with Crippen LogP contribution in [0.3, 0.4) is 0 Å². The number of amidine groups is 1. The molecule has 1 saturated heterocycles. The Labute approximate surface area is 368 Å². The summed E-state index contributed by atoms with van der Waals surface area (Å²) < 4.78 is 30.6. The summed E-state index contributed by atoms with van der Waals surface area (Å²) in [6.07, 6.45) is 3.69. The number of phenolic OH excluding ortho intramolecular Hbond substituents is 2. The van der Waals surface area contributed by atoms with E-state index in [1.54, 1.807) is 48.6 Å². The van der Waals surface area contributed by atoms with Crippen molar-refractivity contribution >= 4 is 35.3 Å². The number of nitrogens with one attached hydrogen (secondary N) is 1. The third-order valence-corrected chi connectivity index (χ3v) is 12.0. The first-order valence-electron chi connectivity index (χ1n) is 21.2. The number of aryl methyl sites for hydroxylation is 1. The highest BCUT2D eigenvalue weighted by molar-refractivity contribution is 6.14. The van der Waals surface area contributed by atoms with Crippen LogP contribution in [0.1, 0.15) is 74.3 Å². The quantitative estimate of drug-likeness (QED) is 0.0602. The second-order valence-electron chi connectivity index (χ2n) is 16.3. The molecule has 5 aliphatic rings. The number of aliphatic imine (C=N–C) groups is 3. The Morgan fingerprint density at radius 3 is 2.45 bits per heavy atom. The number of ether oxygens (including phenoxy) is 5. The molecule has 1 unspecified atom stereocenters. The first-order chi connectivity index (χ1) is 30.7. The monoisotopic (exact) mass is 878 g/mol. The SMILES string of the molecule is CCCCCC1=C[C@]2(O)[C@H](Oc3cc4c(c(O)c3OCc3cc(O)cc(CC)c3)C(O)=CC(c3ccc(OCCC5=NC(=N)C=C5)cc3)O4)O[C@H](C(=O)O)[C@](O)([C@H]1C1=NC=NC1)[C@H]2O. The van der Waals surface area contributed by atoms with Gasteiger partial charge in [0.05, 0.1) is 24.8 Å². The van der Waals surface area contributed by atoms with Gasteiger partial charge in [-0.2, -0.15) is 0 Å². The van der Waals surface area contributed by atoms with Crippen LogP contribution < -0.4 is 18.9 Å². The Morgan fingerprint density at radius 2 is 1.77 bits per heavy atom. The minimum Gasteiger partial charge on any atom is -0.508 e. The highest BCUT2D eigenvalue weighted by Crippen LogP contribution is 2.54. The summed E-state index contributed by atoms with van der Waals surface area (Å²) in [4.78, 5) is 25.6. The minimum atomic E-state index is -2.63. The topological polar surface area (TPSA) is 266 Å². The number of carbonyl (C=O) groups is 1. The van der Waals surface area contributed by atoms with E-state index in [0.717, 1.165) is 24.1 Å². The number of aromatic hydroxyl groups is 2. The lowest BCUT2D eigenvalue weighted by molar-refractivity contribution is -0.338. The molecule has 4 heterocycles. The normalized spacial score (nSPS) is 26.6. The van der Waals surface area contributed by atoms with Gasteiger partial charge in [-0.25, -0.2) is 14.8 Å². The van der Waals surface area contributed by atoms with Crippen LogP contribution in [0.15, 0.2) is 93.4 Å². The van der Waals surface area contributed by atoms with Crippen molar-refractivity contribution in [3.05, 3.63) is 101 Å². The van der Waals surface area contributed by atoms with E-state index in [1.165, 1.54) is 30.6 Å². The number of benzene rings is 3. The number of allylic oxidation sites excluding steroid dienone is 1. The zero-order valence-electron chi connectivity index (χ0n) is 35.2. The highest BCUT2D eigenvalue weighted by atomic mass is 16.7. The predicted molar refractivity (Wildman–Crippen MR) is 234 cm³/mol. The van der Waals surface area contributed by atoms with Gasteiger partial charge in [0.2, 0.25) is 12.0 Å². The van der Waals surface area contributed by atoms with E-state index < -0.39 is 53.4 Å². The number of rotatable bonds is 17. The molecule has 8 N–H and O–H groups in total. The Bertz CT molecular complexity index is 2510. The maximum Gasteiger partial charge on any atom is 0.336 e. The lowest BCUT2D eigenvalue weighted by Gasteiger charge is -2.57. The second kappa shape index (κ2) is 17.9. The van der Waals surface area contributed by atoms with Crippen molar-refractivity contribution in [1.29, 1.82) is 5.41 Å². The number of aliphatic hydroxyl groups excluding tert-OH is 2. The number of fused-ring (bicyclic) bond motifs is 3. The molecular weight excluding hydrogens is 829 g/mol. The molecule has 336 valence electrons. The van der Waals surface area contributed by atoms with Gasteiger partial charge in [-0.1, -0.05) is 50.5 Å². The lowest BCUT2D eigenvalue weighted by atomic mass is 9.60. The van der Waals surface area contributed by atoms with Crippen LogP contribution in [-0.2, 0) is 22.6 Å². The molecular formula is C47H50N4O13. The van der Waals surface area contributed by atoms with Crippen molar-refractivity contribution in [2.45, 2.75) is 94.8 Å². The van der Waals surface area contributed by atoms with E-state index >= 15 is 0 Å².